The summed E-state index contributed by atoms with van der Waals surface area (Å²) in [6.07, 6.45) is 6.16. The molecule has 3 aromatic rings. The summed E-state index contributed by atoms with van der Waals surface area (Å²) in [5, 5.41) is 0. The fourth-order valence-corrected chi connectivity index (χ4v) is 4.47. The Kier molecular flexibility index (Phi) is 9.74. The van der Waals surface area contributed by atoms with Gasteiger partial charge in [-0.15, -0.1) is 0 Å². The van der Waals surface area contributed by atoms with Gasteiger partial charge in [0.25, 0.3) is 0 Å². The molecule has 2 N–H and O–H groups in total. The van der Waals surface area contributed by atoms with Crippen LogP contribution in [0.5, 0.6) is 0 Å². The number of esters is 4. The summed E-state index contributed by atoms with van der Waals surface area (Å²) < 4.78 is 20.1. The zero-order valence-corrected chi connectivity index (χ0v) is 24.5. The molecule has 0 spiro atoms. The van der Waals surface area contributed by atoms with Gasteiger partial charge < -0.3 is 41.3 Å². The van der Waals surface area contributed by atoms with Crippen molar-refractivity contribution >= 4 is 70.2 Å². The SMILES string of the molecule is COC(=O)c1c2nc(c(C(=O)OC)c3ccc([nH]3)c(C(=O)OC)c3ccc([nH]3)c(C(=O)OC)c3nc1C=C3)C=C2.[Cl-].[Mn]. The number of rotatable bonds is 4. The van der Waals surface area contributed by atoms with Crippen LogP contribution in [-0.4, -0.2) is 72.3 Å². The van der Waals surface area contributed by atoms with E-state index < -0.39 is 23.9 Å². The number of halogens is 1. The molecule has 217 valence electrons. The fraction of sp³-hybridized carbons (Fsp3) is 0.143. The second kappa shape index (κ2) is 12.9. The Morgan fingerprint density at radius 2 is 0.762 bits per heavy atom. The van der Waals surface area contributed by atoms with Crippen LogP contribution in [-0.2, 0) is 36.0 Å². The summed E-state index contributed by atoms with van der Waals surface area (Å²) in [5.41, 5.74) is 2.19. The minimum atomic E-state index is -0.726. The molecule has 3 aromatic heterocycles. The third-order valence-electron chi connectivity index (χ3n) is 6.31. The Morgan fingerprint density at radius 3 is 1.10 bits per heavy atom. The van der Waals surface area contributed by atoms with Gasteiger partial charge in [0.15, 0.2) is 0 Å². The van der Waals surface area contributed by atoms with E-state index in [1.807, 2.05) is 0 Å². The van der Waals surface area contributed by atoms with Crippen LogP contribution in [0.15, 0.2) is 24.3 Å². The molecular formula is C28H22ClMnN4O8-. The topological polar surface area (TPSA) is 163 Å². The van der Waals surface area contributed by atoms with Gasteiger partial charge in [0.05, 0.1) is 73.3 Å². The molecule has 5 heterocycles. The third kappa shape index (κ3) is 5.45. The Labute approximate surface area is 255 Å². The smallest absolute Gasteiger partial charge is 0.342 e. The molecule has 0 amide bonds. The largest absolute Gasteiger partial charge is 1.00 e. The number of nitrogens with one attached hydrogen (secondary N) is 2. The first-order valence-electron chi connectivity index (χ1n) is 11.8. The molecule has 42 heavy (non-hydrogen) atoms. The third-order valence-corrected chi connectivity index (χ3v) is 6.31. The number of carbonyl (C=O) groups is 4. The number of nitrogens with zero attached hydrogens (tertiary/aromatic N) is 2. The molecule has 0 aliphatic carbocycles. The second-order valence-electron chi connectivity index (χ2n) is 8.47. The summed E-state index contributed by atoms with van der Waals surface area (Å²) in [7, 11) is 4.91. The summed E-state index contributed by atoms with van der Waals surface area (Å²) in [6.45, 7) is 0. The molecule has 0 fully saturated rings. The zero-order valence-electron chi connectivity index (χ0n) is 22.5. The van der Waals surface area contributed by atoms with Gasteiger partial charge in [0.1, 0.15) is 22.3 Å². The quantitative estimate of drug-likeness (QED) is 0.165. The van der Waals surface area contributed by atoms with Crippen LogP contribution < -0.4 is 12.4 Å². The molecule has 1 radical (unpaired) electrons. The molecule has 2 aliphatic rings. The van der Waals surface area contributed by atoms with Crippen molar-refractivity contribution < 1.29 is 67.6 Å². The normalized spacial score (nSPS) is 11.1. The van der Waals surface area contributed by atoms with Crippen LogP contribution in [0.1, 0.15) is 64.2 Å². The van der Waals surface area contributed by atoms with Gasteiger partial charge >= 0.3 is 23.9 Å². The minimum absolute atomic E-state index is 0. The number of aromatic amines is 2. The first-order valence-corrected chi connectivity index (χ1v) is 11.8. The van der Waals surface area contributed by atoms with Crippen LogP contribution in [0, 0.1) is 0 Å². The predicted octanol–water partition coefficient (Wildman–Crippen LogP) is 0.804. The van der Waals surface area contributed by atoms with Crippen molar-refractivity contribution in [1.82, 2.24) is 19.9 Å². The van der Waals surface area contributed by atoms with Crippen molar-refractivity contribution in [2.24, 2.45) is 0 Å². The fourth-order valence-electron chi connectivity index (χ4n) is 4.47. The first-order chi connectivity index (χ1) is 19.3. The van der Waals surface area contributed by atoms with Gasteiger partial charge in [-0.1, -0.05) is 0 Å². The summed E-state index contributed by atoms with van der Waals surface area (Å²) in [5.74, 6) is -2.81. The van der Waals surface area contributed by atoms with Crippen molar-refractivity contribution in [3.05, 3.63) is 69.3 Å². The van der Waals surface area contributed by atoms with E-state index in [0.717, 1.165) is 0 Å². The average Bonchev–Trinajstić information content (AvgIpc) is 3.78. The molecule has 0 saturated heterocycles. The molecule has 12 nitrogen and oxygen atoms in total. The Balaban J connectivity index is 0.00000242. The Hall–Kier alpha value is -4.71. The first kappa shape index (κ1) is 31.8. The number of hydrogen-bond donors (Lipinski definition) is 2. The Morgan fingerprint density at radius 1 is 0.500 bits per heavy atom. The number of carbonyl (C=O) groups excluding carboxylic acids is 4. The number of hydrogen-bond acceptors (Lipinski definition) is 10. The van der Waals surface area contributed by atoms with E-state index in [1.54, 1.807) is 36.4 Å². The van der Waals surface area contributed by atoms with E-state index >= 15 is 0 Å². The van der Waals surface area contributed by atoms with E-state index in [1.165, 1.54) is 40.6 Å². The maximum atomic E-state index is 12.9. The van der Waals surface area contributed by atoms with Crippen LogP contribution in [0.25, 0.3) is 46.4 Å². The van der Waals surface area contributed by atoms with Crippen molar-refractivity contribution in [1.29, 1.82) is 0 Å². The predicted molar refractivity (Wildman–Crippen MR) is 144 cm³/mol. The van der Waals surface area contributed by atoms with E-state index in [2.05, 4.69) is 19.9 Å². The molecule has 14 heteroatoms. The number of aromatic nitrogens is 4. The van der Waals surface area contributed by atoms with Gasteiger partial charge in [-0.3, -0.25) is 0 Å². The van der Waals surface area contributed by atoms with Crippen LogP contribution in [0.4, 0.5) is 0 Å². The number of H-pyrrole nitrogens is 2. The standard InChI is InChI=1S/C28H22N4O8.ClH.Mn/c1-37-25(33)21-13-5-7-15(29-13)22(26(34)38-2)17-9-11-19(31-17)24(28(36)40-4)20-12-10-18(32-20)23(27(35)39-3)16-8-6-14(21)30-16;;/h5-12,29-30H,1-4H3;1H;/p-1. The van der Waals surface area contributed by atoms with Crippen molar-refractivity contribution in [2.45, 2.75) is 0 Å². The number of ether oxygens (including phenoxy) is 4. The van der Waals surface area contributed by atoms with E-state index in [4.69, 9.17) is 18.9 Å². The number of methoxy groups -OCH3 is 4. The average molecular weight is 633 g/mol. The maximum absolute atomic E-state index is 12.9. The molecule has 0 unspecified atom stereocenters. The molecular weight excluding hydrogens is 611 g/mol. The van der Waals surface area contributed by atoms with Gasteiger partial charge in [0.2, 0.25) is 0 Å². The summed E-state index contributed by atoms with van der Waals surface area (Å²) >= 11 is 0. The molecule has 0 aromatic carbocycles. The Bertz CT molecular complexity index is 1730. The van der Waals surface area contributed by atoms with Crippen molar-refractivity contribution in [3.8, 4) is 0 Å². The van der Waals surface area contributed by atoms with Crippen LogP contribution in [0.3, 0.4) is 0 Å². The van der Waals surface area contributed by atoms with E-state index in [-0.39, 0.29) is 74.5 Å². The molecule has 8 bridgehead atoms. The van der Waals surface area contributed by atoms with Gasteiger partial charge in [-0.05, 0) is 48.6 Å². The van der Waals surface area contributed by atoms with Gasteiger partial charge in [-0.25, -0.2) is 29.1 Å². The summed E-state index contributed by atoms with van der Waals surface area (Å²) in [4.78, 5) is 66.8. The molecule has 0 atom stereocenters. The second-order valence-corrected chi connectivity index (χ2v) is 8.47. The summed E-state index contributed by atoms with van der Waals surface area (Å²) in [6, 6.07) is 6.36. The van der Waals surface area contributed by atoms with Crippen molar-refractivity contribution in [3.63, 3.8) is 0 Å². The molecule has 5 rings (SSSR count). The van der Waals surface area contributed by atoms with Crippen molar-refractivity contribution in [2.75, 3.05) is 28.4 Å². The number of fused-ring (bicyclic) bond motifs is 8. The monoisotopic (exact) mass is 632 g/mol. The van der Waals surface area contributed by atoms with Crippen LogP contribution >= 0.6 is 0 Å². The minimum Gasteiger partial charge on any atom is -1.00 e. The van der Waals surface area contributed by atoms with E-state index in [9.17, 15) is 19.2 Å². The molecule has 0 saturated carbocycles. The van der Waals surface area contributed by atoms with Gasteiger partial charge in [0, 0.05) is 17.1 Å². The van der Waals surface area contributed by atoms with Gasteiger partial charge in [-0.2, -0.15) is 0 Å². The molecule has 2 aliphatic heterocycles. The van der Waals surface area contributed by atoms with E-state index in [0.29, 0.717) is 22.1 Å². The maximum Gasteiger partial charge on any atom is 0.342 e. The zero-order chi connectivity index (χ0) is 28.6. The van der Waals surface area contributed by atoms with Crippen LogP contribution in [0.2, 0.25) is 0 Å².